The summed E-state index contributed by atoms with van der Waals surface area (Å²) in [5, 5.41) is 13.4. The van der Waals surface area contributed by atoms with Gasteiger partial charge in [0.15, 0.2) is 10.2 Å². The summed E-state index contributed by atoms with van der Waals surface area (Å²) >= 11 is 18.7. The van der Waals surface area contributed by atoms with E-state index in [1.54, 1.807) is 12.3 Å². The van der Waals surface area contributed by atoms with Crippen molar-refractivity contribution in [2.45, 2.75) is 6.54 Å². The van der Waals surface area contributed by atoms with Crippen LogP contribution in [0.1, 0.15) is 4.88 Å². The van der Waals surface area contributed by atoms with Crippen LogP contribution in [-0.2, 0) is 6.54 Å². The normalized spacial score (nSPS) is 10.5. The van der Waals surface area contributed by atoms with Crippen molar-refractivity contribution in [3.63, 3.8) is 0 Å². The third-order valence-electron chi connectivity index (χ3n) is 2.01. The molecule has 0 aliphatic rings. The van der Waals surface area contributed by atoms with Gasteiger partial charge in [-0.2, -0.15) is 0 Å². The van der Waals surface area contributed by atoms with E-state index in [2.05, 4.69) is 10.3 Å². The third-order valence-corrected chi connectivity index (χ3v) is 3.63. The van der Waals surface area contributed by atoms with Crippen LogP contribution in [0.2, 0.25) is 14.5 Å². The molecule has 0 amide bonds. The third kappa shape index (κ3) is 3.16. The van der Waals surface area contributed by atoms with Crippen LogP contribution >= 0.6 is 46.1 Å². The Hall–Kier alpha value is -0.680. The van der Waals surface area contributed by atoms with Gasteiger partial charge in [-0.05, 0) is 12.1 Å². The lowest BCUT2D eigenvalue weighted by molar-refractivity contribution is 0.477. The van der Waals surface area contributed by atoms with Gasteiger partial charge in [0.25, 0.3) is 0 Å². The van der Waals surface area contributed by atoms with Crippen LogP contribution in [0.4, 0.5) is 5.69 Å². The zero-order valence-corrected chi connectivity index (χ0v) is 11.5. The van der Waals surface area contributed by atoms with Crippen molar-refractivity contribution in [2.24, 2.45) is 0 Å². The Morgan fingerprint density at radius 1 is 1.29 bits per heavy atom. The van der Waals surface area contributed by atoms with Crippen LogP contribution in [0.15, 0.2) is 18.3 Å². The van der Waals surface area contributed by atoms with E-state index in [4.69, 9.17) is 34.8 Å². The number of phenols is 1. The highest BCUT2D eigenvalue weighted by atomic mass is 35.5. The maximum absolute atomic E-state index is 9.71. The number of anilines is 1. The average Bonchev–Trinajstić information content (AvgIpc) is 2.67. The van der Waals surface area contributed by atoms with Gasteiger partial charge < -0.3 is 10.4 Å². The summed E-state index contributed by atoms with van der Waals surface area (Å²) in [6, 6.07) is 3.08. The van der Waals surface area contributed by atoms with Gasteiger partial charge in [-0.15, -0.1) is 11.3 Å². The molecule has 7 heteroatoms. The Morgan fingerprint density at radius 3 is 2.71 bits per heavy atom. The topological polar surface area (TPSA) is 45.1 Å². The number of hydrogen-bond acceptors (Lipinski definition) is 4. The second kappa shape index (κ2) is 5.31. The molecule has 0 bridgehead atoms. The molecule has 0 radical (unpaired) electrons. The summed E-state index contributed by atoms with van der Waals surface area (Å²) in [5.74, 6) is -0.0216. The number of hydrogen-bond donors (Lipinski definition) is 2. The van der Waals surface area contributed by atoms with Crippen LogP contribution < -0.4 is 5.32 Å². The number of aromatic nitrogens is 1. The largest absolute Gasteiger partial charge is 0.504 e. The van der Waals surface area contributed by atoms with Crippen LogP contribution in [0.25, 0.3) is 0 Å². The molecule has 2 aromatic rings. The molecule has 0 saturated heterocycles. The standard InChI is InChI=1S/C10H7Cl3N2OS/c11-5-1-7(12)9(16)8(2-5)14-3-6-4-15-10(13)17-6/h1-2,4,14,16H,3H2. The highest BCUT2D eigenvalue weighted by Crippen LogP contribution is 2.35. The van der Waals surface area contributed by atoms with Crippen LogP contribution in [0, 0.1) is 0 Å². The molecule has 0 aliphatic carbocycles. The van der Waals surface area contributed by atoms with E-state index >= 15 is 0 Å². The first kappa shape index (κ1) is 12.8. The zero-order chi connectivity index (χ0) is 12.4. The maximum atomic E-state index is 9.71. The van der Waals surface area contributed by atoms with Crippen LogP contribution in [0.3, 0.4) is 0 Å². The van der Waals surface area contributed by atoms with Crippen LogP contribution in [0.5, 0.6) is 5.75 Å². The molecule has 0 aliphatic heterocycles. The van der Waals surface area contributed by atoms with Gasteiger partial charge in [0, 0.05) is 16.1 Å². The number of aromatic hydroxyl groups is 1. The van der Waals surface area contributed by atoms with Crippen molar-refractivity contribution in [3.8, 4) is 5.75 Å². The number of nitrogens with zero attached hydrogens (tertiary/aromatic N) is 1. The maximum Gasteiger partial charge on any atom is 0.183 e. The van der Waals surface area contributed by atoms with Crippen molar-refractivity contribution in [3.05, 3.63) is 37.7 Å². The second-order valence-electron chi connectivity index (χ2n) is 3.22. The summed E-state index contributed by atoms with van der Waals surface area (Å²) in [6.45, 7) is 0.495. The summed E-state index contributed by atoms with van der Waals surface area (Å²) in [6.07, 6.45) is 1.67. The van der Waals surface area contributed by atoms with E-state index in [0.29, 0.717) is 21.7 Å². The predicted octanol–water partition coefficient (Wildman–Crippen LogP) is 4.42. The van der Waals surface area contributed by atoms with Gasteiger partial charge in [-0.1, -0.05) is 34.8 Å². The molecule has 0 saturated carbocycles. The van der Waals surface area contributed by atoms with Crippen molar-refractivity contribution in [1.29, 1.82) is 0 Å². The number of thiazole rings is 1. The van der Waals surface area contributed by atoms with Crippen molar-refractivity contribution in [2.75, 3.05) is 5.32 Å². The number of nitrogens with one attached hydrogen (secondary N) is 1. The number of phenolic OH excluding ortho intramolecular Hbond substituents is 1. The minimum atomic E-state index is -0.0216. The molecule has 0 fully saturated rings. The summed E-state index contributed by atoms with van der Waals surface area (Å²) in [5.41, 5.74) is 0.479. The molecule has 0 spiro atoms. The fourth-order valence-corrected chi connectivity index (χ4v) is 2.66. The van der Waals surface area contributed by atoms with E-state index in [1.807, 2.05) is 0 Å². The van der Waals surface area contributed by atoms with Gasteiger partial charge in [0.1, 0.15) is 0 Å². The smallest absolute Gasteiger partial charge is 0.183 e. The molecule has 17 heavy (non-hydrogen) atoms. The molecule has 2 rings (SSSR count). The average molecular weight is 310 g/mol. The fraction of sp³-hybridized carbons (Fsp3) is 0.100. The fourth-order valence-electron chi connectivity index (χ4n) is 1.25. The molecule has 1 aromatic carbocycles. The Balaban J connectivity index is 2.14. The monoisotopic (exact) mass is 308 g/mol. The van der Waals surface area contributed by atoms with E-state index < -0.39 is 0 Å². The Kier molecular flexibility index (Phi) is 3.99. The second-order valence-corrected chi connectivity index (χ2v) is 5.76. The molecule has 1 aromatic heterocycles. The zero-order valence-electron chi connectivity index (χ0n) is 8.38. The first-order valence-corrected chi connectivity index (χ1v) is 6.53. The summed E-state index contributed by atoms with van der Waals surface area (Å²) < 4.78 is 0.482. The minimum absolute atomic E-state index is 0.0216. The van der Waals surface area contributed by atoms with Gasteiger partial charge in [-0.3, -0.25) is 0 Å². The predicted molar refractivity (Wildman–Crippen MR) is 72.6 cm³/mol. The van der Waals surface area contributed by atoms with Gasteiger partial charge in [-0.25, -0.2) is 4.98 Å². The van der Waals surface area contributed by atoms with Crippen LogP contribution in [-0.4, -0.2) is 10.1 Å². The lowest BCUT2D eigenvalue weighted by Gasteiger charge is -2.08. The highest BCUT2D eigenvalue weighted by molar-refractivity contribution is 7.15. The molecule has 90 valence electrons. The van der Waals surface area contributed by atoms with Gasteiger partial charge in [0.05, 0.1) is 17.3 Å². The molecule has 3 nitrogen and oxygen atoms in total. The Bertz CT molecular complexity index is 544. The molecular formula is C10H7Cl3N2OS. The molecule has 0 unspecified atom stereocenters. The lowest BCUT2D eigenvalue weighted by atomic mass is 10.3. The summed E-state index contributed by atoms with van der Waals surface area (Å²) in [7, 11) is 0. The first-order valence-electron chi connectivity index (χ1n) is 4.58. The van der Waals surface area contributed by atoms with E-state index in [9.17, 15) is 5.11 Å². The highest BCUT2D eigenvalue weighted by Gasteiger charge is 2.08. The van der Waals surface area contributed by atoms with Gasteiger partial charge in [0.2, 0.25) is 0 Å². The van der Waals surface area contributed by atoms with Crippen molar-refractivity contribution >= 4 is 51.8 Å². The minimum Gasteiger partial charge on any atom is -0.504 e. The lowest BCUT2D eigenvalue weighted by Crippen LogP contribution is -1.97. The molecule has 1 heterocycles. The summed E-state index contributed by atoms with van der Waals surface area (Å²) in [4.78, 5) is 4.87. The van der Waals surface area contributed by atoms with Crippen molar-refractivity contribution < 1.29 is 5.11 Å². The number of benzene rings is 1. The first-order chi connectivity index (χ1) is 8.06. The van der Waals surface area contributed by atoms with E-state index in [1.165, 1.54) is 17.4 Å². The molecule has 0 atom stereocenters. The quantitative estimate of drug-likeness (QED) is 0.825. The van der Waals surface area contributed by atoms with E-state index in [-0.39, 0.29) is 10.8 Å². The SMILES string of the molecule is Oc1c(Cl)cc(Cl)cc1NCc1cnc(Cl)s1. The van der Waals surface area contributed by atoms with Crippen molar-refractivity contribution in [1.82, 2.24) is 4.98 Å². The number of rotatable bonds is 3. The Labute approximate surface area is 117 Å². The van der Waals surface area contributed by atoms with Gasteiger partial charge >= 0.3 is 0 Å². The Morgan fingerprint density at radius 2 is 2.06 bits per heavy atom. The molecule has 2 N–H and O–H groups in total. The number of halogens is 3. The van der Waals surface area contributed by atoms with E-state index in [0.717, 1.165) is 4.88 Å². The molecular weight excluding hydrogens is 303 g/mol.